The number of alkyl halides is 1. The van der Waals surface area contributed by atoms with E-state index in [1.54, 1.807) is 0 Å². The van der Waals surface area contributed by atoms with Crippen molar-refractivity contribution in [3.05, 3.63) is 36.0 Å². The number of benzene rings is 1. The molecule has 3 rings (SSSR count). The van der Waals surface area contributed by atoms with E-state index in [1.165, 1.54) is 0 Å². The van der Waals surface area contributed by atoms with Crippen molar-refractivity contribution in [1.29, 1.82) is 0 Å². The van der Waals surface area contributed by atoms with Crippen molar-refractivity contribution >= 4 is 10.9 Å². The first-order valence-corrected chi connectivity index (χ1v) is 5.25. The highest BCUT2D eigenvalue weighted by molar-refractivity contribution is 5.80. The van der Waals surface area contributed by atoms with Crippen molar-refractivity contribution in [3.8, 4) is 0 Å². The summed E-state index contributed by atoms with van der Waals surface area (Å²) < 4.78 is 14.4. The average Bonchev–Trinajstić information content (AvgIpc) is 2.85. The van der Waals surface area contributed by atoms with Crippen LogP contribution in [0.15, 0.2) is 30.5 Å². The number of halogens is 1. The summed E-state index contributed by atoms with van der Waals surface area (Å²) in [7, 11) is 0. The molecule has 0 bridgehead atoms. The average molecular weight is 204 g/mol. The maximum Gasteiger partial charge on any atom is 0.149 e. The van der Waals surface area contributed by atoms with Gasteiger partial charge in [0, 0.05) is 18.3 Å². The number of hydrogen-bond donors (Lipinski definition) is 2. The zero-order valence-electron chi connectivity index (χ0n) is 8.39. The second-order valence-electron chi connectivity index (χ2n) is 4.17. The summed E-state index contributed by atoms with van der Waals surface area (Å²) >= 11 is 0. The molecular weight excluding hydrogens is 191 g/mol. The number of fused-ring (bicyclic) bond motifs is 1. The van der Waals surface area contributed by atoms with Crippen LogP contribution in [0.4, 0.5) is 4.39 Å². The first kappa shape index (κ1) is 8.92. The summed E-state index contributed by atoms with van der Waals surface area (Å²) in [4.78, 5) is 3.11. The van der Waals surface area contributed by atoms with Gasteiger partial charge >= 0.3 is 0 Å². The van der Waals surface area contributed by atoms with Crippen LogP contribution in [0.1, 0.15) is 12.0 Å². The third-order valence-corrected chi connectivity index (χ3v) is 3.17. The molecule has 2 nitrogen and oxygen atoms in total. The Balaban J connectivity index is 2.10. The monoisotopic (exact) mass is 204 g/mol. The second kappa shape index (κ2) is 3.07. The highest BCUT2D eigenvalue weighted by atomic mass is 19.1. The van der Waals surface area contributed by atoms with E-state index < -0.39 is 5.67 Å². The molecule has 1 unspecified atom stereocenters. The van der Waals surface area contributed by atoms with Crippen LogP contribution in [0.25, 0.3) is 10.9 Å². The van der Waals surface area contributed by atoms with Gasteiger partial charge in [-0.15, -0.1) is 0 Å². The van der Waals surface area contributed by atoms with Gasteiger partial charge < -0.3 is 10.3 Å². The Morgan fingerprint density at radius 3 is 3.00 bits per heavy atom. The van der Waals surface area contributed by atoms with Gasteiger partial charge in [0.1, 0.15) is 5.67 Å². The lowest BCUT2D eigenvalue weighted by Crippen LogP contribution is -2.23. The Bertz CT molecular complexity index is 483. The smallest absolute Gasteiger partial charge is 0.149 e. The molecule has 1 atom stereocenters. The van der Waals surface area contributed by atoms with E-state index in [0.717, 1.165) is 23.0 Å². The van der Waals surface area contributed by atoms with Gasteiger partial charge in [-0.25, -0.2) is 4.39 Å². The Kier molecular flexibility index (Phi) is 1.83. The Hall–Kier alpha value is -1.35. The molecule has 1 aliphatic heterocycles. The first-order chi connectivity index (χ1) is 7.28. The third kappa shape index (κ3) is 1.35. The molecule has 1 fully saturated rings. The molecule has 2 N–H and O–H groups in total. The number of hydrogen-bond acceptors (Lipinski definition) is 1. The lowest BCUT2D eigenvalue weighted by molar-refractivity contribution is 0.193. The molecule has 2 aromatic rings. The normalized spacial score (nSPS) is 26.2. The van der Waals surface area contributed by atoms with Gasteiger partial charge in [0.25, 0.3) is 0 Å². The highest BCUT2D eigenvalue weighted by Gasteiger charge is 2.35. The summed E-state index contributed by atoms with van der Waals surface area (Å²) in [5, 5.41) is 4.15. The summed E-state index contributed by atoms with van der Waals surface area (Å²) in [6, 6.07) is 7.75. The lowest BCUT2D eigenvalue weighted by atomic mass is 9.94. The van der Waals surface area contributed by atoms with Crippen LogP contribution in [0.2, 0.25) is 0 Å². The van der Waals surface area contributed by atoms with Crippen molar-refractivity contribution in [3.63, 3.8) is 0 Å². The van der Waals surface area contributed by atoms with Crippen molar-refractivity contribution in [2.45, 2.75) is 12.1 Å². The molecule has 0 aliphatic carbocycles. The molecule has 0 saturated carbocycles. The largest absolute Gasteiger partial charge is 0.361 e. The molecule has 15 heavy (non-hydrogen) atoms. The predicted octanol–water partition coefficient (Wildman–Crippen LogP) is 2.33. The molecule has 2 heterocycles. The van der Waals surface area contributed by atoms with E-state index in [0.29, 0.717) is 13.0 Å². The van der Waals surface area contributed by atoms with Crippen LogP contribution in [0.3, 0.4) is 0 Å². The van der Waals surface area contributed by atoms with Crippen LogP contribution < -0.4 is 5.32 Å². The fourth-order valence-electron chi connectivity index (χ4n) is 2.24. The quantitative estimate of drug-likeness (QED) is 0.733. The van der Waals surface area contributed by atoms with E-state index >= 15 is 0 Å². The van der Waals surface area contributed by atoms with E-state index in [-0.39, 0.29) is 0 Å². The molecule has 78 valence electrons. The number of nitrogens with one attached hydrogen (secondary N) is 2. The number of aromatic nitrogens is 1. The third-order valence-electron chi connectivity index (χ3n) is 3.17. The van der Waals surface area contributed by atoms with E-state index in [1.807, 2.05) is 30.5 Å². The first-order valence-electron chi connectivity index (χ1n) is 5.25. The van der Waals surface area contributed by atoms with Crippen LogP contribution in [0, 0.1) is 0 Å². The lowest BCUT2D eigenvalue weighted by Gasteiger charge is -2.18. The summed E-state index contributed by atoms with van der Waals surface area (Å²) in [6.07, 6.45) is 2.45. The fraction of sp³-hybridized carbons (Fsp3) is 0.333. The van der Waals surface area contributed by atoms with Crippen molar-refractivity contribution < 1.29 is 4.39 Å². The summed E-state index contributed by atoms with van der Waals surface area (Å²) in [5.74, 6) is 0. The fourth-order valence-corrected chi connectivity index (χ4v) is 2.24. The highest BCUT2D eigenvalue weighted by Crippen LogP contribution is 2.33. The van der Waals surface area contributed by atoms with Crippen molar-refractivity contribution in [2.24, 2.45) is 0 Å². The molecule has 1 aliphatic rings. The van der Waals surface area contributed by atoms with Crippen LogP contribution in [-0.2, 0) is 5.67 Å². The number of aromatic amines is 1. The molecule has 0 spiro atoms. The molecule has 0 radical (unpaired) electrons. The van der Waals surface area contributed by atoms with Gasteiger partial charge in [0.2, 0.25) is 0 Å². The van der Waals surface area contributed by atoms with Gasteiger partial charge in [0.05, 0.1) is 0 Å². The minimum absolute atomic E-state index is 0.433. The van der Waals surface area contributed by atoms with Crippen molar-refractivity contribution in [2.75, 3.05) is 13.1 Å². The summed E-state index contributed by atoms with van der Waals surface area (Å²) in [6.45, 7) is 1.20. The summed E-state index contributed by atoms with van der Waals surface area (Å²) in [5.41, 5.74) is 0.679. The topological polar surface area (TPSA) is 27.8 Å². The molecule has 1 saturated heterocycles. The maximum atomic E-state index is 14.4. The minimum Gasteiger partial charge on any atom is -0.361 e. The Labute approximate surface area is 87.5 Å². The molecule has 1 aromatic heterocycles. The zero-order chi connectivity index (χ0) is 10.3. The van der Waals surface area contributed by atoms with Gasteiger partial charge in [0.15, 0.2) is 0 Å². The second-order valence-corrected chi connectivity index (χ2v) is 4.17. The predicted molar refractivity (Wildman–Crippen MR) is 58.6 cm³/mol. The Morgan fingerprint density at radius 1 is 1.27 bits per heavy atom. The van der Waals surface area contributed by atoms with Gasteiger partial charge in [-0.1, -0.05) is 6.07 Å². The van der Waals surface area contributed by atoms with Gasteiger partial charge in [-0.3, -0.25) is 0 Å². The molecule has 1 aromatic carbocycles. The molecule has 3 heteroatoms. The molecule has 0 amide bonds. The minimum atomic E-state index is -1.18. The number of rotatable bonds is 1. The van der Waals surface area contributed by atoms with Crippen LogP contribution in [-0.4, -0.2) is 18.1 Å². The van der Waals surface area contributed by atoms with E-state index in [4.69, 9.17) is 0 Å². The standard InChI is InChI=1S/C12H13FN2/c13-12(4-6-14-8-12)10-1-2-11-9(7-10)3-5-15-11/h1-3,5,7,14-15H,4,6,8H2. The SMILES string of the molecule is FC1(c2ccc3[nH]ccc3c2)CCNC1. The van der Waals surface area contributed by atoms with Crippen LogP contribution >= 0.6 is 0 Å². The Morgan fingerprint density at radius 2 is 2.20 bits per heavy atom. The van der Waals surface area contributed by atoms with E-state index in [2.05, 4.69) is 10.3 Å². The van der Waals surface area contributed by atoms with Crippen LogP contribution in [0.5, 0.6) is 0 Å². The molecular formula is C12H13FN2. The van der Waals surface area contributed by atoms with E-state index in [9.17, 15) is 4.39 Å². The van der Waals surface area contributed by atoms with Crippen molar-refractivity contribution in [1.82, 2.24) is 10.3 Å². The van der Waals surface area contributed by atoms with Gasteiger partial charge in [-0.2, -0.15) is 0 Å². The number of H-pyrrole nitrogens is 1. The van der Waals surface area contributed by atoms with Gasteiger partial charge in [-0.05, 0) is 42.1 Å². The maximum absolute atomic E-state index is 14.4. The zero-order valence-corrected chi connectivity index (χ0v) is 8.39.